The number of carboxylic acids is 1. The quantitative estimate of drug-likeness (QED) is 0.784. The highest BCUT2D eigenvalue weighted by Gasteiger charge is 2.24. The molecule has 144 valence electrons. The molecule has 0 aliphatic rings. The minimum Gasteiger partial charge on any atom is -0.480 e. The lowest BCUT2D eigenvalue weighted by molar-refractivity contribution is -0.135. The number of carbonyl (C=O) groups is 2. The van der Waals surface area contributed by atoms with E-state index in [1.54, 1.807) is 44.2 Å². The minimum atomic E-state index is -3.66. The molecule has 27 heavy (non-hydrogen) atoms. The Kier molecular flexibility index (Phi) is 6.35. The van der Waals surface area contributed by atoms with Gasteiger partial charge in [-0.15, -0.1) is 0 Å². The van der Waals surface area contributed by atoms with Gasteiger partial charge in [0.15, 0.2) is 0 Å². The molecule has 0 heterocycles. The van der Waals surface area contributed by atoms with Crippen molar-refractivity contribution in [2.75, 3.05) is 18.5 Å². The van der Waals surface area contributed by atoms with E-state index < -0.39 is 28.4 Å². The topological polar surface area (TPSA) is 95.0 Å². The van der Waals surface area contributed by atoms with Gasteiger partial charge in [0.2, 0.25) is 10.0 Å². The monoisotopic (exact) mass is 390 g/mol. The molecule has 0 aliphatic carbocycles. The minimum absolute atomic E-state index is 0.0692. The molecule has 0 unspecified atom stereocenters. The highest BCUT2D eigenvalue weighted by Crippen LogP contribution is 2.20. The fraction of sp³-hybridized carbons (Fsp3) is 0.263. The predicted octanol–water partition coefficient (Wildman–Crippen LogP) is 2.45. The van der Waals surface area contributed by atoms with Crippen LogP contribution in [0.4, 0.5) is 5.69 Å². The van der Waals surface area contributed by atoms with Crippen molar-refractivity contribution in [3.05, 3.63) is 60.2 Å². The van der Waals surface area contributed by atoms with Crippen LogP contribution >= 0.6 is 0 Å². The Morgan fingerprint density at radius 3 is 2.04 bits per heavy atom. The molecule has 0 aromatic heterocycles. The van der Waals surface area contributed by atoms with E-state index in [4.69, 9.17) is 5.11 Å². The lowest BCUT2D eigenvalue weighted by atomic mass is 10.2. The molecule has 2 rings (SSSR count). The Labute approximate surface area is 158 Å². The van der Waals surface area contributed by atoms with Gasteiger partial charge in [0.05, 0.1) is 4.90 Å². The van der Waals surface area contributed by atoms with Crippen molar-refractivity contribution in [2.24, 2.45) is 0 Å². The highest BCUT2D eigenvalue weighted by atomic mass is 32.2. The van der Waals surface area contributed by atoms with Crippen LogP contribution in [0.3, 0.4) is 0 Å². The number of amides is 1. The summed E-state index contributed by atoms with van der Waals surface area (Å²) >= 11 is 0. The number of anilines is 1. The summed E-state index contributed by atoms with van der Waals surface area (Å²) in [6.07, 6.45) is 0. The Balaban J connectivity index is 2.34. The molecule has 2 aromatic carbocycles. The number of carboxylic acid groups (broad SMARTS) is 1. The molecule has 0 fully saturated rings. The maximum atomic E-state index is 12.8. The van der Waals surface area contributed by atoms with Crippen LogP contribution in [0, 0.1) is 0 Å². The van der Waals surface area contributed by atoms with Crippen LogP contribution in [0.15, 0.2) is 59.5 Å². The molecule has 1 N–H and O–H groups in total. The fourth-order valence-electron chi connectivity index (χ4n) is 2.39. The summed E-state index contributed by atoms with van der Waals surface area (Å²) in [7, 11) is -2.17. The number of nitrogens with zero attached hydrogens (tertiary/aromatic N) is 2. The first-order valence-corrected chi connectivity index (χ1v) is 9.75. The zero-order valence-electron chi connectivity index (χ0n) is 15.4. The molecule has 0 radical (unpaired) electrons. The molecule has 0 aliphatic heterocycles. The second-order valence-electron chi connectivity index (χ2n) is 6.26. The van der Waals surface area contributed by atoms with Crippen LogP contribution < -0.4 is 4.90 Å². The van der Waals surface area contributed by atoms with Crippen molar-refractivity contribution in [3.8, 4) is 0 Å². The maximum Gasteiger partial charge on any atom is 0.323 e. The largest absolute Gasteiger partial charge is 0.480 e. The number of aliphatic carboxylic acids is 1. The van der Waals surface area contributed by atoms with Gasteiger partial charge in [-0.2, -0.15) is 4.31 Å². The van der Waals surface area contributed by atoms with E-state index in [1.807, 2.05) is 0 Å². The van der Waals surface area contributed by atoms with E-state index in [2.05, 4.69) is 0 Å². The summed E-state index contributed by atoms with van der Waals surface area (Å²) in [6, 6.07) is 13.7. The molecular formula is C19H22N2O5S. The summed E-state index contributed by atoms with van der Waals surface area (Å²) in [5.74, 6) is -1.67. The fourth-order valence-corrected chi connectivity index (χ4v) is 3.76. The van der Waals surface area contributed by atoms with Crippen molar-refractivity contribution in [2.45, 2.75) is 24.8 Å². The van der Waals surface area contributed by atoms with Crippen molar-refractivity contribution >= 4 is 27.6 Å². The third-order valence-corrected chi connectivity index (χ3v) is 6.16. The second kappa shape index (κ2) is 8.32. The summed E-state index contributed by atoms with van der Waals surface area (Å²) < 4.78 is 26.3. The first kappa shape index (κ1) is 20.6. The smallest absolute Gasteiger partial charge is 0.323 e. The SMILES string of the molecule is CC(C)N(C)S(=O)(=O)c1ccc(C(=O)N(CC(=O)O)c2ccccc2)cc1. The molecule has 2 aromatic rings. The van der Waals surface area contributed by atoms with Gasteiger partial charge in [-0.25, -0.2) is 8.42 Å². The van der Waals surface area contributed by atoms with Crippen LogP contribution in [0.2, 0.25) is 0 Å². The van der Waals surface area contributed by atoms with E-state index in [0.29, 0.717) is 5.69 Å². The van der Waals surface area contributed by atoms with E-state index in [0.717, 1.165) is 4.90 Å². The Morgan fingerprint density at radius 1 is 1.00 bits per heavy atom. The lowest BCUT2D eigenvalue weighted by Gasteiger charge is -2.22. The van der Waals surface area contributed by atoms with Gasteiger partial charge in [-0.3, -0.25) is 14.5 Å². The van der Waals surface area contributed by atoms with Crippen LogP contribution in [0.5, 0.6) is 0 Å². The van der Waals surface area contributed by atoms with Gasteiger partial charge < -0.3 is 5.11 Å². The first-order chi connectivity index (χ1) is 12.6. The van der Waals surface area contributed by atoms with E-state index in [9.17, 15) is 18.0 Å². The molecule has 0 saturated carbocycles. The first-order valence-electron chi connectivity index (χ1n) is 8.31. The van der Waals surface area contributed by atoms with Crippen molar-refractivity contribution < 1.29 is 23.1 Å². The lowest BCUT2D eigenvalue weighted by Crippen LogP contribution is -2.36. The molecule has 0 spiro atoms. The van der Waals surface area contributed by atoms with Gasteiger partial charge in [0.25, 0.3) is 5.91 Å². The molecule has 0 atom stereocenters. The number of hydrogen-bond donors (Lipinski definition) is 1. The molecule has 8 heteroatoms. The van der Waals surface area contributed by atoms with Crippen molar-refractivity contribution in [1.29, 1.82) is 0 Å². The number of hydrogen-bond acceptors (Lipinski definition) is 4. The third-order valence-electron chi connectivity index (χ3n) is 4.11. The van der Waals surface area contributed by atoms with Gasteiger partial charge in [0.1, 0.15) is 6.54 Å². The van der Waals surface area contributed by atoms with Crippen molar-refractivity contribution in [1.82, 2.24) is 4.31 Å². The number of carbonyl (C=O) groups excluding carboxylic acids is 1. The predicted molar refractivity (Wildman–Crippen MR) is 102 cm³/mol. The summed E-state index contributed by atoms with van der Waals surface area (Å²) in [5.41, 5.74) is 0.646. The summed E-state index contributed by atoms with van der Waals surface area (Å²) in [5, 5.41) is 9.13. The maximum absolute atomic E-state index is 12.8. The van der Waals surface area contributed by atoms with Crippen LogP contribution in [-0.2, 0) is 14.8 Å². The highest BCUT2D eigenvalue weighted by molar-refractivity contribution is 7.89. The third kappa shape index (κ3) is 4.72. The van der Waals surface area contributed by atoms with E-state index in [-0.39, 0.29) is 16.5 Å². The van der Waals surface area contributed by atoms with Gasteiger partial charge in [0, 0.05) is 24.3 Å². The zero-order valence-corrected chi connectivity index (χ0v) is 16.2. The normalized spacial score (nSPS) is 11.6. The van der Waals surface area contributed by atoms with Gasteiger partial charge in [-0.05, 0) is 50.2 Å². The summed E-state index contributed by atoms with van der Waals surface area (Å²) in [6.45, 7) is 3.02. The number of sulfonamides is 1. The molecule has 0 saturated heterocycles. The average Bonchev–Trinajstić information content (AvgIpc) is 2.65. The molecule has 7 nitrogen and oxygen atoms in total. The average molecular weight is 390 g/mol. The van der Waals surface area contributed by atoms with Gasteiger partial charge >= 0.3 is 5.97 Å². The summed E-state index contributed by atoms with van der Waals surface area (Å²) in [4.78, 5) is 25.2. The second-order valence-corrected chi connectivity index (χ2v) is 8.26. The van der Waals surface area contributed by atoms with Crippen molar-refractivity contribution in [3.63, 3.8) is 0 Å². The number of rotatable bonds is 7. The Morgan fingerprint density at radius 2 is 1.56 bits per heavy atom. The van der Waals surface area contributed by atoms with Crippen LogP contribution in [-0.4, -0.2) is 49.3 Å². The van der Waals surface area contributed by atoms with Crippen LogP contribution in [0.1, 0.15) is 24.2 Å². The molecular weight excluding hydrogens is 368 g/mol. The van der Waals surface area contributed by atoms with Crippen LogP contribution in [0.25, 0.3) is 0 Å². The number of benzene rings is 2. The number of para-hydroxylation sites is 1. The zero-order chi connectivity index (χ0) is 20.2. The Bertz CT molecular complexity index is 909. The van der Waals surface area contributed by atoms with E-state index >= 15 is 0 Å². The standard InChI is InChI=1S/C19H22N2O5S/c1-14(2)20(3)27(25,26)17-11-9-15(10-12-17)19(24)21(13-18(22)23)16-7-5-4-6-8-16/h4-12,14H,13H2,1-3H3,(H,22,23). The van der Waals surface area contributed by atoms with E-state index in [1.165, 1.54) is 35.6 Å². The van der Waals surface area contributed by atoms with Gasteiger partial charge in [-0.1, -0.05) is 18.2 Å². The molecule has 1 amide bonds. The molecule has 0 bridgehead atoms. The Hall–Kier alpha value is -2.71.